The van der Waals surface area contributed by atoms with Crippen LogP contribution in [0, 0.1) is 11.6 Å². The fraction of sp³-hybridized carbons (Fsp3) is 0.263. The number of nitrogen functional groups attached to an aromatic ring is 2. The summed E-state index contributed by atoms with van der Waals surface area (Å²) in [5.74, 6) is 2.79. The Morgan fingerprint density at radius 2 is 2.04 bits per heavy atom. The minimum Gasteiger partial charge on any atom is -0.396 e. The average Bonchev–Trinajstić information content (AvgIpc) is 2.64. The molecule has 28 heavy (non-hydrogen) atoms. The van der Waals surface area contributed by atoms with Crippen LogP contribution in [0.25, 0.3) is 5.57 Å². The lowest BCUT2D eigenvalue weighted by atomic mass is 10.0. The summed E-state index contributed by atoms with van der Waals surface area (Å²) in [6, 6.07) is 3.59. The molecule has 2 rings (SSSR count). The maximum absolute atomic E-state index is 14.1. The highest BCUT2D eigenvalue weighted by atomic mass is 19.1. The predicted octanol–water partition coefficient (Wildman–Crippen LogP) is 2.83. The van der Waals surface area contributed by atoms with Crippen LogP contribution in [0.3, 0.4) is 0 Å². The van der Waals surface area contributed by atoms with Gasteiger partial charge in [0.15, 0.2) is 5.82 Å². The summed E-state index contributed by atoms with van der Waals surface area (Å²) in [4.78, 5) is 18.5. The second kappa shape index (κ2) is 9.25. The molecular formula is C19H24F2N6O. The van der Waals surface area contributed by atoms with Crippen LogP contribution in [0.5, 0.6) is 0 Å². The Labute approximate surface area is 162 Å². The van der Waals surface area contributed by atoms with Crippen molar-refractivity contribution in [1.82, 2.24) is 9.88 Å². The first-order valence-electron chi connectivity index (χ1n) is 8.59. The minimum absolute atomic E-state index is 0.244. The normalized spacial score (nSPS) is 10.8. The molecule has 2 aromatic rings. The van der Waals surface area contributed by atoms with E-state index >= 15 is 0 Å². The van der Waals surface area contributed by atoms with E-state index in [-0.39, 0.29) is 11.4 Å². The van der Waals surface area contributed by atoms with Crippen molar-refractivity contribution in [2.75, 3.05) is 37.1 Å². The number of benzene rings is 1. The van der Waals surface area contributed by atoms with Crippen LogP contribution in [-0.4, -0.2) is 36.4 Å². The molecule has 0 aliphatic heterocycles. The van der Waals surface area contributed by atoms with Gasteiger partial charge in [0, 0.05) is 5.56 Å². The minimum atomic E-state index is -1.11. The van der Waals surface area contributed by atoms with Gasteiger partial charge >= 0.3 is 0 Å². The Morgan fingerprint density at radius 1 is 1.32 bits per heavy atom. The van der Waals surface area contributed by atoms with Crippen molar-refractivity contribution in [3.63, 3.8) is 0 Å². The number of hydrogen-bond acceptors (Lipinski definition) is 6. The van der Waals surface area contributed by atoms with E-state index in [1.807, 2.05) is 14.1 Å². The Kier molecular flexibility index (Phi) is 7.02. The van der Waals surface area contributed by atoms with Gasteiger partial charge < -0.3 is 21.4 Å². The fourth-order valence-electron chi connectivity index (χ4n) is 2.63. The SMILES string of the molecule is C=C(CCCN(C)C)c1cc(NC(=O)c2c(F)ccc(N)c2F)cnc1NN. The molecule has 1 aromatic heterocycles. The molecule has 9 heteroatoms. The summed E-state index contributed by atoms with van der Waals surface area (Å²) in [5, 5.41) is 2.43. The number of halogens is 2. The van der Waals surface area contributed by atoms with Crippen molar-refractivity contribution >= 4 is 28.7 Å². The van der Waals surface area contributed by atoms with E-state index in [2.05, 4.69) is 27.2 Å². The van der Waals surface area contributed by atoms with Gasteiger partial charge in [-0.1, -0.05) is 6.58 Å². The van der Waals surface area contributed by atoms with Gasteiger partial charge in [-0.3, -0.25) is 4.79 Å². The van der Waals surface area contributed by atoms with Crippen molar-refractivity contribution < 1.29 is 13.6 Å². The predicted molar refractivity (Wildman–Crippen MR) is 108 cm³/mol. The van der Waals surface area contributed by atoms with E-state index in [1.165, 1.54) is 6.20 Å². The van der Waals surface area contributed by atoms with E-state index in [9.17, 15) is 13.6 Å². The summed E-state index contributed by atoms with van der Waals surface area (Å²) < 4.78 is 28.0. The first-order valence-corrected chi connectivity index (χ1v) is 8.59. The van der Waals surface area contributed by atoms with Gasteiger partial charge in [-0.05, 0) is 57.3 Å². The van der Waals surface area contributed by atoms with Crippen molar-refractivity contribution in [2.24, 2.45) is 5.84 Å². The first kappa shape index (κ1) is 21.3. The molecule has 1 aromatic carbocycles. The zero-order valence-electron chi connectivity index (χ0n) is 15.9. The second-order valence-electron chi connectivity index (χ2n) is 6.55. The highest BCUT2D eigenvalue weighted by molar-refractivity contribution is 6.05. The molecule has 0 fully saturated rings. The first-order chi connectivity index (χ1) is 13.2. The van der Waals surface area contributed by atoms with Crippen molar-refractivity contribution in [3.8, 4) is 0 Å². The molecule has 0 saturated heterocycles. The van der Waals surface area contributed by atoms with Crippen LogP contribution >= 0.6 is 0 Å². The van der Waals surface area contributed by atoms with Crippen LogP contribution in [0.1, 0.15) is 28.8 Å². The van der Waals surface area contributed by atoms with Crippen molar-refractivity contribution in [2.45, 2.75) is 12.8 Å². The molecule has 0 radical (unpaired) electrons. The third-order valence-corrected chi connectivity index (χ3v) is 4.10. The number of carbonyl (C=O) groups excluding carboxylic acids is 1. The molecule has 0 atom stereocenters. The number of rotatable bonds is 8. The van der Waals surface area contributed by atoms with Gasteiger partial charge in [0.1, 0.15) is 17.2 Å². The van der Waals surface area contributed by atoms with Crippen molar-refractivity contribution in [1.29, 1.82) is 0 Å². The maximum atomic E-state index is 14.1. The Balaban J connectivity index is 2.24. The number of carbonyl (C=O) groups is 1. The second-order valence-corrected chi connectivity index (χ2v) is 6.55. The molecule has 7 nitrogen and oxygen atoms in total. The molecular weight excluding hydrogens is 366 g/mol. The molecule has 150 valence electrons. The molecule has 1 amide bonds. The topological polar surface area (TPSA) is 109 Å². The molecule has 0 aliphatic rings. The molecule has 0 saturated carbocycles. The lowest BCUT2D eigenvalue weighted by molar-refractivity contribution is 0.101. The Hall–Kier alpha value is -3.04. The smallest absolute Gasteiger partial charge is 0.261 e. The highest BCUT2D eigenvalue weighted by Gasteiger charge is 2.20. The number of nitrogens with zero attached hydrogens (tertiary/aromatic N) is 2. The molecule has 1 heterocycles. The Bertz CT molecular complexity index is 885. The van der Waals surface area contributed by atoms with Crippen molar-refractivity contribution in [3.05, 3.63) is 53.7 Å². The molecule has 0 bridgehead atoms. The fourth-order valence-corrected chi connectivity index (χ4v) is 2.63. The summed E-state index contributed by atoms with van der Waals surface area (Å²) in [6.45, 7) is 4.92. The highest BCUT2D eigenvalue weighted by Crippen LogP contribution is 2.27. The molecule has 0 spiro atoms. The van der Waals surface area contributed by atoms with E-state index in [1.54, 1.807) is 6.07 Å². The van der Waals surface area contributed by atoms with Gasteiger partial charge in [-0.2, -0.15) is 0 Å². The van der Waals surface area contributed by atoms with Crippen LogP contribution in [-0.2, 0) is 0 Å². The van der Waals surface area contributed by atoms with Gasteiger partial charge in [0.2, 0.25) is 0 Å². The summed E-state index contributed by atoms with van der Waals surface area (Å²) in [6.07, 6.45) is 2.88. The summed E-state index contributed by atoms with van der Waals surface area (Å²) in [5.41, 5.74) is 8.44. The van der Waals surface area contributed by atoms with Crippen LogP contribution in [0.15, 0.2) is 31.0 Å². The van der Waals surface area contributed by atoms with Gasteiger partial charge in [0.25, 0.3) is 5.91 Å². The molecule has 0 aliphatic carbocycles. The average molecular weight is 390 g/mol. The lowest BCUT2D eigenvalue weighted by Gasteiger charge is -2.15. The largest absolute Gasteiger partial charge is 0.396 e. The maximum Gasteiger partial charge on any atom is 0.261 e. The third kappa shape index (κ3) is 5.02. The quantitative estimate of drug-likeness (QED) is 0.314. The van der Waals surface area contributed by atoms with E-state index in [0.29, 0.717) is 17.8 Å². The number of anilines is 3. The van der Waals surface area contributed by atoms with Gasteiger partial charge in [0.05, 0.1) is 17.6 Å². The van der Waals surface area contributed by atoms with Gasteiger partial charge in [-0.25, -0.2) is 19.6 Å². The number of amides is 1. The standard InChI is InChI=1S/C19H24F2N6O/c1-11(5-4-8-27(2)3)13-9-12(10-24-18(13)26-23)25-19(28)16-14(20)6-7-15(22)17(16)21/h6-7,9-10H,1,4-5,8,22-23H2,2-3H3,(H,24,26)(H,25,28). The van der Waals surface area contributed by atoms with Crippen LogP contribution < -0.4 is 22.3 Å². The number of allylic oxidation sites excluding steroid dienone is 1. The zero-order chi connectivity index (χ0) is 20.8. The van der Waals surface area contributed by atoms with E-state index < -0.39 is 23.1 Å². The zero-order valence-corrected chi connectivity index (χ0v) is 15.9. The monoisotopic (exact) mass is 390 g/mol. The number of nitrogens with one attached hydrogen (secondary N) is 2. The van der Waals surface area contributed by atoms with Gasteiger partial charge in [-0.15, -0.1) is 0 Å². The number of nitrogens with two attached hydrogens (primary N) is 2. The summed E-state index contributed by atoms with van der Waals surface area (Å²) in [7, 11) is 3.95. The molecule has 0 unspecified atom stereocenters. The number of hydrogen-bond donors (Lipinski definition) is 4. The Morgan fingerprint density at radius 3 is 2.68 bits per heavy atom. The molecule has 6 N–H and O–H groups in total. The lowest BCUT2D eigenvalue weighted by Crippen LogP contribution is -2.18. The van der Waals surface area contributed by atoms with Crippen LogP contribution in [0.4, 0.5) is 26.0 Å². The number of hydrazine groups is 1. The third-order valence-electron chi connectivity index (χ3n) is 4.10. The van der Waals surface area contributed by atoms with E-state index in [4.69, 9.17) is 11.6 Å². The number of aromatic nitrogens is 1. The number of pyridine rings is 1. The van der Waals surface area contributed by atoms with Crippen LogP contribution in [0.2, 0.25) is 0 Å². The summed E-state index contributed by atoms with van der Waals surface area (Å²) >= 11 is 0. The van der Waals surface area contributed by atoms with E-state index in [0.717, 1.165) is 30.7 Å².